The van der Waals surface area contributed by atoms with Gasteiger partial charge in [-0.15, -0.1) is 23.5 Å². The van der Waals surface area contributed by atoms with Gasteiger partial charge in [0.15, 0.2) is 0 Å². The van der Waals surface area contributed by atoms with Gasteiger partial charge >= 0.3 is 0 Å². The third kappa shape index (κ3) is 8.04. The van der Waals surface area contributed by atoms with Gasteiger partial charge < -0.3 is 10.6 Å². The number of rotatable bonds is 11. The molecule has 4 nitrogen and oxygen atoms in total. The van der Waals surface area contributed by atoms with Gasteiger partial charge in [0.1, 0.15) is 9.49 Å². The summed E-state index contributed by atoms with van der Waals surface area (Å²) < 4.78 is -0.871. The minimum atomic E-state index is -0.435. The average Bonchev–Trinajstić information content (AvgIpc) is 2.77. The summed E-state index contributed by atoms with van der Waals surface area (Å²) in [7, 11) is 3.45. The molecule has 2 N–H and O–H groups in total. The first-order valence-corrected chi connectivity index (χ1v) is 16.2. The van der Waals surface area contributed by atoms with Crippen LogP contribution in [0.3, 0.4) is 0 Å². The van der Waals surface area contributed by atoms with Crippen molar-refractivity contribution in [2.45, 2.75) is 99.6 Å². The largest absolute Gasteiger partial charge is 0.352 e. The van der Waals surface area contributed by atoms with Gasteiger partial charge in [-0.3, -0.25) is 9.59 Å². The zero-order valence-corrected chi connectivity index (χ0v) is 22.4. The number of nitrogens with one attached hydrogen (secondary N) is 2. The molecular weight excluding hydrogens is 453 g/mol. The first-order chi connectivity index (χ1) is 14.3. The summed E-state index contributed by atoms with van der Waals surface area (Å²) in [5.74, 6) is 1.81. The maximum absolute atomic E-state index is 12.9. The Morgan fingerprint density at radius 3 is 1.33 bits per heavy atom. The summed E-state index contributed by atoms with van der Waals surface area (Å²) in [6.45, 7) is 4.10. The first-order valence-electron chi connectivity index (χ1n) is 11.3. The number of hydrogen-bond acceptors (Lipinski definition) is 6. The van der Waals surface area contributed by atoms with E-state index >= 15 is 0 Å². The molecule has 30 heavy (non-hydrogen) atoms. The first kappa shape index (κ1) is 26.6. The molecule has 2 aliphatic carbocycles. The highest BCUT2D eigenvalue weighted by Crippen LogP contribution is 2.38. The van der Waals surface area contributed by atoms with E-state index in [4.69, 9.17) is 0 Å². The lowest BCUT2D eigenvalue weighted by molar-refractivity contribution is -0.124. The van der Waals surface area contributed by atoms with Crippen LogP contribution in [0.25, 0.3) is 0 Å². The van der Waals surface area contributed by atoms with E-state index in [-0.39, 0.29) is 11.8 Å². The second-order valence-electron chi connectivity index (χ2n) is 9.01. The Balaban J connectivity index is 1.78. The maximum atomic E-state index is 12.9. The van der Waals surface area contributed by atoms with E-state index in [1.54, 1.807) is 45.1 Å². The van der Waals surface area contributed by atoms with Gasteiger partial charge in [-0.2, -0.15) is 0 Å². The van der Waals surface area contributed by atoms with Crippen molar-refractivity contribution in [3.8, 4) is 0 Å². The topological polar surface area (TPSA) is 58.2 Å². The lowest BCUT2D eigenvalue weighted by atomic mass is 9.95. The van der Waals surface area contributed by atoms with Crippen molar-refractivity contribution >= 4 is 56.9 Å². The zero-order chi connectivity index (χ0) is 22.0. The average molecular weight is 493 g/mol. The SMILES string of the molecule is CSC(C)(CSSCC(C)(SC)C(=O)NC1CCCCC1)C(=O)NC1CCCCC1. The normalized spacial score (nSPS) is 22.7. The number of hydrogen-bond donors (Lipinski definition) is 2. The lowest BCUT2D eigenvalue weighted by Gasteiger charge is -2.32. The quantitative estimate of drug-likeness (QED) is 0.293. The molecule has 0 bridgehead atoms. The van der Waals surface area contributed by atoms with Gasteiger partial charge in [-0.25, -0.2) is 0 Å². The minimum absolute atomic E-state index is 0.165. The van der Waals surface area contributed by atoms with E-state index in [0.717, 1.165) is 37.2 Å². The van der Waals surface area contributed by atoms with Crippen LogP contribution in [0.1, 0.15) is 78.1 Å². The maximum Gasteiger partial charge on any atom is 0.237 e. The Labute approximate surface area is 200 Å². The van der Waals surface area contributed by atoms with Crippen molar-refractivity contribution in [1.82, 2.24) is 10.6 Å². The molecule has 2 fully saturated rings. The molecule has 0 aromatic carbocycles. The van der Waals surface area contributed by atoms with Crippen LogP contribution in [0.4, 0.5) is 0 Å². The monoisotopic (exact) mass is 492 g/mol. The van der Waals surface area contributed by atoms with E-state index in [2.05, 4.69) is 10.6 Å². The van der Waals surface area contributed by atoms with Gasteiger partial charge in [0.25, 0.3) is 0 Å². The number of carbonyl (C=O) groups excluding carboxylic acids is 2. The summed E-state index contributed by atoms with van der Waals surface area (Å²) in [4.78, 5) is 25.8. The Morgan fingerprint density at radius 2 is 1.03 bits per heavy atom. The fraction of sp³-hybridized carbons (Fsp3) is 0.909. The van der Waals surface area contributed by atoms with E-state index in [0.29, 0.717) is 12.1 Å². The van der Waals surface area contributed by atoms with E-state index in [1.807, 2.05) is 26.4 Å². The van der Waals surface area contributed by atoms with Gasteiger partial charge in [0, 0.05) is 23.6 Å². The molecule has 0 aliphatic heterocycles. The Hall–Kier alpha value is 0.340. The number of thioether (sulfide) groups is 2. The summed E-state index contributed by atoms with van der Waals surface area (Å²) in [6, 6.07) is 0.692. The van der Waals surface area contributed by atoms with Crippen LogP contribution in [0, 0.1) is 0 Å². The number of carbonyl (C=O) groups is 2. The molecular formula is C22H40N2O2S4. The Kier molecular flexibility index (Phi) is 11.7. The third-order valence-corrected chi connectivity index (χ3v) is 12.1. The van der Waals surface area contributed by atoms with Crippen LogP contribution in [-0.2, 0) is 9.59 Å². The fourth-order valence-corrected chi connectivity index (χ4v) is 8.94. The molecule has 2 aliphatic rings. The van der Waals surface area contributed by atoms with Crippen LogP contribution in [-0.4, -0.2) is 57.4 Å². The van der Waals surface area contributed by atoms with Crippen molar-refractivity contribution in [3.63, 3.8) is 0 Å². The smallest absolute Gasteiger partial charge is 0.237 e. The van der Waals surface area contributed by atoms with Gasteiger partial charge in [0.2, 0.25) is 11.8 Å². The fourth-order valence-electron chi connectivity index (χ4n) is 3.91. The molecule has 174 valence electrons. The molecule has 0 heterocycles. The van der Waals surface area contributed by atoms with Crippen LogP contribution in [0.2, 0.25) is 0 Å². The number of amides is 2. The molecule has 0 aromatic heterocycles. The molecule has 0 spiro atoms. The molecule has 8 heteroatoms. The van der Waals surface area contributed by atoms with Gasteiger partial charge in [0.05, 0.1) is 0 Å². The second-order valence-corrected chi connectivity index (χ2v) is 14.1. The van der Waals surface area contributed by atoms with Crippen molar-refractivity contribution in [1.29, 1.82) is 0 Å². The molecule has 2 atom stereocenters. The van der Waals surface area contributed by atoms with Crippen molar-refractivity contribution in [3.05, 3.63) is 0 Å². The highest BCUT2D eigenvalue weighted by molar-refractivity contribution is 8.76. The van der Waals surface area contributed by atoms with E-state index in [9.17, 15) is 9.59 Å². The molecule has 2 rings (SSSR count). The minimum Gasteiger partial charge on any atom is -0.352 e. The zero-order valence-electron chi connectivity index (χ0n) is 19.1. The van der Waals surface area contributed by atoms with Crippen molar-refractivity contribution in [2.24, 2.45) is 0 Å². The molecule has 0 radical (unpaired) electrons. The summed E-state index contributed by atoms with van der Waals surface area (Å²) in [5, 5.41) is 6.58. The highest BCUT2D eigenvalue weighted by Gasteiger charge is 2.36. The van der Waals surface area contributed by atoms with Crippen LogP contribution in [0.5, 0.6) is 0 Å². The standard InChI is InChI=1S/C22H40N2O2S4/c1-21(27-3,19(25)23-17-11-7-5-8-12-17)15-29-30-16-22(2,28-4)20(26)24-18-13-9-6-10-14-18/h17-18H,5-16H2,1-4H3,(H,23,25)(H,24,26). The molecule has 2 unspecified atom stereocenters. The van der Waals surface area contributed by atoms with Gasteiger partial charge in [-0.05, 0) is 52.0 Å². The van der Waals surface area contributed by atoms with E-state index < -0.39 is 9.49 Å². The van der Waals surface area contributed by atoms with Crippen molar-refractivity contribution in [2.75, 3.05) is 24.0 Å². The molecule has 0 aromatic rings. The molecule has 2 amide bonds. The van der Waals surface area contributed by atoms with Crippen LogP contribution >= 0.6 is 45.1 Å². The summed E-state index contributed by atoms with van der Waals surface area (Å²) in [6.07, 6.45) is 16.0. The molecule has 0 saturated heterocycles. The summed E-state index contributed by atoms with van der Waals surface area (Å²) in [5.41, 5.74) is 0. The Bertz CT molecular complexity index is 505. The van der Waals surface area contributed by atoms with Gasteiger partial charge in [-0.1, -0.05) is 60.1 Å². The highest BCUT2D eigenvalue weighted by atomic mass is 33.1. The lowest BCUT2D eigenvalue weighted by Crippen LogP contribution is -2.49. The third-order valence-electron chi connectivity index (χ3n) is 6.49. The van der Waals surface area contributed by atoms with Crippen LogP contribution < -0.4 is 10.6 Å². The second kappa shape index (κ2) is 13.1. The molecule has 2 saturated carbocycles. The predicted octanol–water partition coefficient (Wildman–Crippen LogP) is 5.51. The van der Waals surface area contributed by atoms with Crippen LogP contribution in [0.15, 0.2) is 0 Å². The van der Waals surface area contributed by atoms with E-state index in [1.165, 1.54) is 38.5 Å². The summed E-state index contributed by atoms with van der Waals surface area (Å²) >= 11 is 3.26. The van der Waals surface area contributed by atoms with Crippen molar-refractivity contribution < 1.29 is 9.59 Å². The predicted molar refractivity (Wildman–Crippen MR) is 139 cm³/mol. The Morgan fingerprint density at radius 1 is 0.700 bits per heavy atom.